The second-order valence-corrected chi connectivity index (χ2v) is 8.39. The smallest absolute Gasteiger partial charge is 0.306 e. The van der Waals surface area contributed by atoms with Gasteiger partial charge in [-0.15, -0.1) is 0 Å². The van der Waals surface area contributed by atoms with Crippen LogP contribution < -0.4 is 0 Å². The first-order chi connectivity index (χ1) is 12.3. The number of aliphatic carboxylic acids is 1. The van der Waals surface area contributed by atoms with Gasteiger partial charge in [-0.05, 0) is 19.8 Å². The van der Waals surface area contributed by atoms with Crippen molar-refractivity contribution in [1.29, 1.82) is 0 Å². The standard InChI is InChI=1S/C16H22N2O7S/c1-11-14(26(22,23)18-4-2-3-5-18)9-13(25-11)16(21)17-6-7-24-12(10-17)8-15(19)20/h9,12H,2-8,10H2,1H3,(H,19,20). The second-order valence-electron chi connectivity index (χ2n) is 6.48. The first-order valence-corrected chi connectivity index (χ1v) is 9.96. The van der Waals surface area contributed by atoms with Crippen LogP contribution in [0.2, 0.25) is 0 Å². The number of carboxylic acid groups (broad SMARTS) is 1. The molecule has 0 aliphatic carbocycles. The molecule has 0 bridgehead atoms. The van der Waals surface area contributed by atoms with Gasteiger partial charge in [0.15, 0.2) is 5.76 Å². The number of amides is 1. The summed E-state index contributed by atoms with van der Waals surface area (Å²) in [6, 6.07) is 1.27. The van der Waals surface area contributed by atoms with E-state index in [4.69, 9.17) is 14.3 Å². The Morgan fingerprint density at radius 3 is 2.62 bits per heavy atom. The van der Waals surface area contributed by atoms with Crippen LogP contribution in [0.4, 0.5) is 0 Å². The summed E-state index contributed by atoms with van der Waals surface area (Å²) in [4.78, 5) is 24.9. The lowest BCUT2D eigenvalue weighted by atomic mass is 10.2. The monoisotopic (exact) mass is 386 g/mol. The van der Waals surface area contributed by atoms with Gasteiger partial charge in [0.2, 0.25) is 10.0 Å². The van der Waals surface area contributed by atoms with Gasteiger partial charge in [-0.2, -0.15) is 4.31 Å². The van der Waals surface area contributed by atoms with Crippen LogP contribution in [0.1, 0.15) is 35.6 Å². The van der Waals surface area contributed by atoms with Crippen LogP contribution in [-0.4, -0.2) is 73.5 Å². The molecule has 0 radical (unpaired) electrons. The Labute approximate surface area is 151 Å². The molecule has 1 aromatic heterocycles. The number of hydrogen-bond acceptors (Lipinski definition) is 6. The van der Waals surface area contributed by atoms with Gasteiger partial charge >= 0.3 is 5.97 Å². The van der Waals surface area contributed by atoms with Gasteiger partial charge in [-0.3, -0.25) is 9.59 Å². The number of morpholine rings is 1. The average Bonchev–Trinajstić information content (AvgIpc) is 3.24. The summed E-state index contributed by atoms with van der Waals surface area (Å²) >= 11 is 0. The van der Waals surface area contributed by atoms with E-state index < -0.39 is 28.0 Å². The third-order valence-electron chi connectivity index (χ3n) is 4.59. The Morgan fingerprint density at radius 1 is 1.27 bits per heavy atom. The number of sulfonamides is 1. The van der Waals surface area contributed by atoms with Crippen molar-refractivity contribution in [2.45, 2.75) is 37.2 Å². The second kappa shape index (κ2) is 7.37. The molecule has 3 rings (SSSR count). The Morgan fingerprint density at radius 2 is 1.96 bits per heavy atom. The van der Waals surface area contributed by atoms with Gasteiger partial charge < -0.3 is 19.2 Å². The predicted octanol–water partition coefficient (Wildman–Crippen LogP) is 0.688. The van der Waals surface area contributed by atoms with Gasteiger partial charge in [-0.25, -0.2) is 8.42 Å². The Hall–Kier alpha value is -1.91. The molecule has 0 saturated carbocycles. The number of carboxylic acids is 1. The molecule has 2 aliphatic heterocycles. The summed E-state index contributed by atoms with van der Waals surface area (Å²) in [5.74, 6) is -1.35. The van der Waals surface area contributed by atoms with Crippen molar-refractivity contribution < 1.29 is 32.3 Å². The van der Waals surface area contributed by atoms with Crippen LogP contribution >= 0.6 is 0 Å². The molecular weight excluding hydrogens is 364 g/mol. The van der Waals surface area contributed by atoms with E-state index >= 15 is 0 Å². The Bertz CT molecular complexity index is 796. The first-order valence-electron chi connectivity index (χ1n) is 8.52. The minimum absolute atomic E-state index is 0.0121. The van der Waals surface area contributed by atoms with Crippen LogP contribution in [0, 0.1) is 6.92 Å². The number of ether oxygens (including phenoxy) is 1. The molecule has 0 aromatic carbocycles. The fraction of sp³-hybridized carbons (Fsp3) is 0.625. The molecule has 144 valence electrons. The van der Waals surface area contributed by atoms with E-state index in [1.165, 1.54) is 22.2 Å². The van der Waals surface area contributed by atoms with E-state index in [0.29, 0.717) is 19.6 Å². The lowest BCUT2D eigenvalue weighted by Crippen LogP contribution is -2.46. The first kappa shape index (κ1) is 18.9. The highest BCUT2D eigenvalue weighted by Gasteiger charge is 2.34. The fourth-order valence-electron chi connectivity index (χ4n) is 3.27. The normalized spacial score (nSPS) is 21.9. The molecule has 1 N–H and O–H groups in total. The molecular formula is C16H22N2O7S. The third kappa shape index (κ3) is 3.76. The van der Waals surface area contributed by atoms with Gasteiger partial charge in [0, 0.05) is 32.2 Å². The molecule has 3 heterocycles. The van der Waals surface area contributed by atoms with E-state index in [-0.39, 0.29) is 36.0 Å². The highest BCUT2D eigenvalue weighted by Crippen LogP contribution is 2.27. The van der Waals surface area contributed by atoms with Crippen molar-refractivity contribution in [2.75, 3.05) is 32.8 Å². The number of aryl methyl sites for hydroxylation is 1. The van der Waals surface area contributed by atoms with Crippen molar-refractivity contribution in [3.63, 3.8) is 0 Å². The van der Waals surface area contributed by atoms with Crippen molar-refractivity contribution in [1.82, 2.24) is 9.21 Å². The minimum Gasteiger partial charge on any atom is -0.481 e. The van der Waals surface area contributed by atoms with Gasteiger partial charge in [0.25, 0.3) is 5.91 Å². The molecule has 1 aromatic rings. The lowest BCUT2D eigenvalue weighted by Gasteiger charge is -2.31. The van der Waals surface area contributed by atoms with Crippen LogP contribution in [0.5, 0.6) is 0 Å². The lowest BCUT2D eigenvalue weighted by molar-refractivity contribution is -0.141. The fourth-order valence-corrected chi connectivity index (χ4v) is 4.95. The van der Waals surface area contributed by atoms with E-state index in [2.05, 4.69) is 0 Å². The van der Waals surface area contributed by atoms with Crippen LogP contribution in [0.3, 0.4) is 0 Å². The third-order valence-corrected chi connectivity index (χ3v) is 6.60. The molecule has 1 atom stereocenters. The summed E-state index contributed by atoms with van der Waals surface area (Å²) in [6.45, 7) is 3.10. The number of furan rings is 1. The Kier molecular flexibility index (Phi) is 5.35. The quantitative estimate of drug-likeness (QED) is 0.791. The number of nitrogens with zero attached hydrogens (tertiary/aromatic N) is 2. The predicted molar refractivity (Wildman–Crippen MR) is 89.3 cm³/mol. The van der Waals surface area contributed by atoms with E-state index in [0.717, 1.165) is 12.8 Å². The zero-order valence-electron chi connectivity index (χ0n) is 14.5. The van der Waals surface area contributed by atoms with Gasteiger partial charge in [0.05, 0.1) is 19.1 Å². The molecule has 2 aliphatic rings. The SMILES string of the molecule is Cc1oc(C(=O)N2CCOC(CC(=O)O)C2)cc1S(=O)(=O)N1CCCC1. The maximum absolute atomic E-state index is 12.7. The highest BCUT2D eigenvalue weighted by atomic mass is 32.2. The van der Waals surface area contributed by atoms with E-state index in [1.54, 1.807) is 0 Å². The maximum atomic E-state index is 12.7. The van der Waals surface area contributed by atoms with Gasteiger partial charge in [-0.1, -0.05) is 0 Å². The summed E-state index contributed by atoms with van der Waals surface area (Å²) in [6.07, 6.45) is 0.853. The van der Waals surface area contributed by atoms with Crippen LogP contribution in [-0.2, 0) is 19.6 Å². The summed E-state index contributed by atoms with van der Waals surface area (Å²) < 4.78 is 37.6. The summed E-state index contributed by atoms with van der Waals surface area (Å²) in [7, 11) is -3.67. The molecule has 1 amide bonds. The summed E-state index contributed by atoms with van der Waals surface area (Å²) in [5.41, 5.74) is 0. The molecule has 26 heavy (non-hydrogen) atoms. The molecule has 2 saturated heterocycles. The molecule has 2 fully saturated rings. The zero-order valence-corrected chi connectivity index (χ0v) is 15.3. The van der Waals surface area contributed by atoms with Gasteiger partial charge in [0.1, 0.15) is 10.7 Å². The molecule has 0 spiro atoms. The molecule has 10 heteroatoms. The van der Waals surface area contributed by atoms with Crippen molar-refractivity contribution in [2.24, 2.45) is 0 Å². The van der Waals surface area contributed by atoms with E-state index in [1.807, 2.05) is 0 Å². The zero-order chi connectivity index (χ0) is 18.9. The van der Waals surface area contributed by atoms with Crippen LogP contribution in [0.25, 0.3) is 0 Å². The minimum atomic E-state index is -3.67. The molecule has 1 unspecified atom stereocenters. The topological polar surface area (TPSA) is 117 Å². The summed E-state index contributed by atoms with van der Waals surface area (Å²) in [5, 5.41) is 8.87. The number of carbonyl (C=O) groups is 2. The largest absolute Gasteiger partial charge is 0.481 e. The Balaban J connectivity index is 1.77. The number of rotatable bonds is 5. The highest BCUT2D eigenvalue weighted by molar-refractivity contribution is 7.89. The average molecular weight is 386 g/mol. The maximum Gasteiger partial charge on any atom is 0.306 e. The van der Waals surface area contributed by atoms with Crippen molar-refractivity contribution in [3.8, 4) is 0 Å². The van der Waals surface area contributed by atoms with E-state index in [9.17, 15) is 18.0 Å². The van der Waals surface area contributed by atoms with Crippen LogP contribution in [0.15, 0.2) is 15.4 Å². The number of carbonyl (C=O) groups excluding carboxylic acids is 1. The van der Waals surface area contributed by atoms with Crippen molar-refractivity contribution >= 4 is 21.9 Å². The molecule has 9 nitrogen and oxygen atoms in total. The number of hydrogen-bond donors (Lipinski definition) is 1. The van der Waals surface area contributed by atoms with Crippen molar-refractivity contribution in [3.05, 3.63) is 17.6 Å².